The standard InChI is InChI=1S/C13H23O13/c1-22-12-7(18)6(17)9(24-12)5(16)3-23-13(26-21)11(20)8(19)10(25-13)4(15)2-14/h4-12,14-20H,2-3H2,1H3/t4-,5-,6?,7?,8?,9+,10+,11?,12-,13+/m1/s1. The average Bonchev–Trinajstić information content (AvgIpc) is 3.08. The Morgan fingerprint density at radius 2 is 1.69 bits per heavy atom. The van der Waals surface area contributed by atoms with Crippen molar-refractivity contribution >= 4 is 0 Å². The summed E-state index contributed by atoms with van der Waals surface area (Å²) in [6, 6.07) is 0. The summed E-state index contributed by atoms with van der Waals surface area (Å²) in [5, 5.41) is 78.8. The fourth-order valence-electron chi connectivity index (χ4n) is 2.82. The minimum Gasteiger partial charge on any atom is -0.394 e. The molecule has 0 aromatic heterocycles. The number of hydrogen-bond donors (Lipinski definition) is 7. The first-order valence-electron chi connectivity index (χ1n) is 7.72. The molecule has 2 heterocycles. The lowest BCUT2D eigenvalue weighted by Gasteiger charge is -2.29. The van der Waals surface area contributed by atoms with E-state index in [9.17, 15) is 35.9 Å². The summed E-state index contributed by atoms with van der Waals surface area (Å²) in [6.07, 6.45) is -14.3. The molecule has 26 heavy (non-hydrogen) atoms. The van der Waals surface area contributed by atoms with Gasteiger partial charge in [0.1, 0.15) is 42.7 Å². The second-order valence-electron chi connectivity index (χ2n) is 6.02. The van der Waals surface area contributed by atoms with E-state index in [1.165, 1.54) is 7.11 Å². The predicted molar refractivity (Wildman–Crippen MR) is 74.1 cm³/mol. The van der Waals surface area contributed by atoms with Crippen LogP contribution in [-0.4, -0.2) is 117 Å². The summed E-state index contributed by atoms with van der Waals surface area (Å²) < 4.78 is 19.7. The van der Waals surface area contributed by atoms with E-state index >= 15 is 0 Å². The molecule has 4 unspecified atom stereocenters. The quantitative estimate of drug-likeness (QED) is 0.119. The lowest BCUT2D eigenvalue weighted by atomic mass is 10.1. The van der Waals surface area contributed by atoms with Crippen molar-refractivity contribution in [1.82, 2.24) is 0 Å². The molecule has 2 aliphatic rings. The monoisotopic (exact) mass is 387 g/mol. The number of ether oxygens (including phenoxy) is 4. The van der Waals surface area contributed by atoms with Gasteiger partial charge < -0.3 is 54.7 Å². The van der Waals surface area contributed by atoms with Crippen LogP contribution in [0.15, 0.2) is 0 Å². The van der Waals surface area contributed by atoms with Crippen LogP contribution >= 0.6 is 0 Å². The van der Waals surface area contributed by atoms with Gasteiger partial charge in [-0.25, -0.2) is 0 Å². The number of aliphatic hydroxyl groups is 7. The number of rotatable bonds is 8. The van der Waals surface area contributed by atoms with Crippen molar-refractivity contribution in [2.24, 2.45) is 0 Å². The van der Waals surface area contributed by atoms with Crippen LogP contribution in [-0.2, 0) is 29.1 Å². The highest BCUT2D eigenvalue weighted by molar-refractivity contribution is 4.95. The van der Waals surface area contributed by atoms with Crippen molar-refractivity contribution in [3.8, 4) is 0 Å². The second kappa shape index (κ2) is 8.66. The van der Waals surface area contributed by atoms with Gasteiger partial charge in [0.15, 0.2) is 12.4 Å². The molecule has 0 bridgehead atoms. The molecule has 0 aliphatic carbocycles. The fourth-order valence-corrected chi connectivity index (χ4v) is 2.82. The van der Waals surface area contributed by atoms with Gasteiger partial charge in [0, 0.05) is 7.11 Å². The molecule has 0 aromatic rings. The van der Waals surface area contributed by atoms with Gasteiger partial charge in [-0.3, -0.25) is 0 Å². The highest BCUT2D eigenvalue weighted by Crippen LogP contribution is 2.35. The molecule has 153 valence electrons. The summed E-state index contributed by atoms with van der Waals surface area (Å²) in [5.74, 6) is -2.79. The van der Waals surface area contributed by atoms with Crippen molar-refractivity contribution in [2.75, 3.05) is 20.3 Å². The summed E-state index contributed by atoms with van der Waals surface area (Å²) >= 11 is 0. The molecule has 0 aromatic carbocycles. The molecule has 2 rings (SSSR count). The van der Waals surface area contributed by atoms with Crippen LogP contribution in [0, 0.1) is 0 Å². The lowest BCUT2D eigenvalue weighted by Crippen LogP contribution is -2.50. The van der Waals surface area contributed by atoms with E-state index in [1.807, 2.05) is 0 Å². The SMILES string of the molecule is CO[C@@H]1O[C@@H]([C@H](O)CO[C@]2(O[O])O[C@@H]([C@H](O)CO)C(O)C2O)C(O)C1O. The third kappa shape index (κ3) is 3.85. The van der Waals surface area contributed by atoms with Crippen molar-refractivity contribution in [2.45, 2.75) is 61.1 Å². The van der Waals surface area contributed by atoms with E-state index in [-0.39, 0.29) is 0 Å². The highest BCUT2D eigenvalue weighted by atomic mass is 17.2. The number of aliphatic hydroxyl groups excluding tert-OH is 7. The molecule has 7 N–H and O–H groups in total. The van der Waals surface area contributed by atoms with Crippen LogP contribution in [0.3, 0.4) is 0 Å². The van der Waals surface area contributed by atoms with Crippen molar-refractivity contribution in [1.29, 1.82) is 0 Å². The Morgan fingerprint density at radius 3 is 2.19 bits per heavy atom. The van der Waals surface area contributed by atoms with E-state index in [4.69, 9.17) is 24.1 Å². The van der Waals surface area contributed by atoms with Crippen LogP contribution in [0.5, 0.6) is 0 Å². The zero-order valence-corrected chi connectivity index (χ0v) is 13.7. The lowest BCUT2D eigenvalue weighted by molar-refractivity contribution is -0.528. The number of methoxy groups -OCH3 is 1. The minimum absolute atomic E-state index is 0.793. The highest BCUT2D eigenvalue weighted by Gasteiger charge is 2.60. The van der Waals surface area contributed by atoms with E-state index in [0.29, 0.717) is 0 Å². The average molecular weight is 387 g/mol. The number of hydrogen-bond acceptors (Lipinski definition) is 12. The first-order valence-corrected chi connectivity index (χ1v) is 7.72. The minimum atomic E-state index is -2.79. The van der Waals surface area contributed by atoms with Gasteiger partial charge in [-0.05, 0) is 5.26 Å². The first-order chi connectivity index (χ1) is 12.2. The third-order valence-electron chi connectivity index (χ3n) is 4.33. The van der Waals surface area contributed by atoms with Crippen molar-refractivity contribution in [3.05, 3.63) is 0 Å². The topological polar surface area (TPSA) is 208 Å². The van der Waals surface area contributed by atoms with Gasteiger partial charge in [-0.15, -0.1) is 4.89 Å². The van der Waals surface area contributed by atoms with Crippen LogP contribution < -0.4 is 0 Å². The summed E-state index contributed by atoms with van der Waals surface area (Å²) in [6.45, 7) is -1.64. The van der Waals surface area contributed by atoms with Gasteiger partial charge in [-0.1, -0.05) is 0 Å². The Kier molecular flexibility index (Phi) is 7.25. The Balaban J connectivity index is 2.02. The molecule has 13 nitrogen and oxygen atoms in total. The van der Waals surface area contributed by atoms with Crippen molar-refractivity contribution in [3.63, 3.8) is 0 Å². The van der Waals surface area contributed by atoms with Crippen LogP contribution in [0.2, 0.25) is 0 Å². The molecule has 10 atom stereocenters. The van der Waals surface area contributed by atoms with Gasteiger partial charge in [0.05, 0.1) is 13.2 Å². The van der Waals surface area contributed by atoms with Crippen LogP contribution in [0.25, 0.3) is 0 Å². The van der Waals surface area contributed by atoms with Gasteiger partial charge in [-0.2, -0.15) is 0 Å². The predicted octanol–water partition coefficient (Wildman–Crippen LogP) is -5.05. The van der Waals surface area contributed by atoms with E-state index in [2.05, 4.69) is 4.89 Å². The zero-order valence-electron chi connectivity index (χ0n) is 13.7. The maximum atomic E-state index is 11.0. The molecule has 13 heteroatoms. The Hall–Kier alpha value is -0.520. The summed E-state index contributed by atoms with van der Waals surface area (Å²) in [7, 11) is 1.21. The molecular weight excluding hydrogens is 364 g/mol. The summed E-state index contributed by atoms with van der Waals surface area (Å²) in [5.41, 5.74) is 0. The first kappa shape index (κ1) is 21.8. The molecule has 0 spiro atoms. The Bertz CT molecular complexity index is 452. The largest absolute Gasteiger partial charge is 0.394 e. The zero-order chi connectivity index (χ0) is 19.6. The molecule has 1 radical (unpaired) electrons. The van der Waals surface area contributed by atoms with E-state index in [0.717, 1.165) is 0 Å². The molecular formula is C13H23O13. The van der Waals surface area contributed by atoms with Gasteiger partial charge >= 0.3 is 5.97 Å². The molecule has 2 aliphatic heterocycles. The van der Waals surface area contributed by atoms with Gasteiger partial charge in [0.2, 0.25) is 0 Å². The van der Waals surface area contributed by atoms with E-state index in [1.54, 1.807) is 0 Å². The Labute approximate surface area is 147 Å². The normalized spacial score (nSPS) is 45.8. The molecule has 0 saturated carbocycles. The molecule has 0 amide bonds. The maximum Gasteiger partial charge on any atom is 0.345 e. The smallest absolute Gasteiger partial charge is 0.345 e. The summed E-state index contributed by atoms with van der Waals surface area (Å²) in [4.78, 5) is 3.72. The maximum absolute atomic E-state index is 11.0. The van der Waals surface area contributed by atoms with Crippen molar-refractivity contribution < 1.29 is 64.8 Å². The van der Waals surface area contributed by atoms with Gasteiger partial charge in [0.25, 0.3) is 0 Å². The van der Waals surface area contributed by atoms with Crippen LogP contribution in [0.4, 0.5) is 0 Å². The Morgan fingerprint density at radius 1 is 1.04 bits per heavy atom. The third-order valence-corrected chi connectivity index (χ3v) is 4.33. The van der Waals surface area contributed by atoms with E-state index < -0.39 is 74.3 Å². The molecule has 2 saturated heterocycles. The molecule has 2 fully saturated rings. The fraction of sp³-hybridized carbons (Fsp3) is 1.00. The second-order valence-corrected chi connectivity index (χ2v) is 6.02. The van der Waals surface area contributed by atoms with Crippen LogP contribution in [0.1, 0.15) is 0 Å².